The molecule has 0 amide bonds. The van der Waals surface area contributed by atoms with E-state index in [9.17, 15) is 9.59 Å². The number of para-hydroxylation sites is 1. The minimum atomic E-state index is -0.591. The smallest absolute Gasteiger partial charge is 0.349 e. The lowest BCUT2D eigenvalue weighted by Crippen LogP contribution is -2.32. The van der Waals surface area contributed by atoms with Crippen molar-refractivity contribution in [2.45, 2.75) is 6.61 Å². The number of aromatic amines is 1. The number of fused-ring (bicyclic) bond motifs is 1. The molecule has 4 aromatic rings. The van der Waals surface area contributed by atoms with Crippen molar-refractivity contribution in [2.75, 3.05) is 0 Å². The lowest BCUT2D eigenvalue weighted by Gasteiger charge is -2.08. The normalized spacial score (nSPS) is 11.2. The van der Waals surface area contributed by atoms with Crippen molar-refractivity contribution in [1.29, 1.82) is 0 Å². The molecule has 0 bridgehead atoms. The van der Waals surface area contributed by atoms with Crippen LogP contribution in [0.2, 0.25) is 0 Å². The molecule has 6 nitrogen and oxygen atoms in total. The highest BCUT2D eigenvalue weighted by Crippen LogP contribution is 2.26. The number of aromatic nitrogens is 2. The van der Waals surface area contributed by atoms with Gasteiger partial charge in [-0.2, -0.15) is 5.10 Å². The van der Waals surface area contributed by atoms with Crippen LogP contribution in [0.15, 0.2) is 92.0 Å². The summed E-state index contributed by atoms with van der Waals surface area (Å²) >= 11 is 3.49. The van der Waals surface area contributed by atoms with Crippen LogP contribution in [0.4, 0.5) is 0 Å². The van der Waals surface area contributed by atoms with Crippen LogP contribution in [0, 0.1) is 0 Å². The van der Waals surface area contributed by atoms with Crippen molar-refractivity contribution in [3.8, 4) is 5.75 Å². The van der Waals surface area contributed by atoms with E-state index in [1.165, 1.54) is 6.21 Å². The van der Waals surface area contributed by atoms with Crippen molar-refractivity contribution in [2.24, 2.45) is 5.10 Å². The van der Waals surface area contributed by atoms with Gasteiger partial charge in [0.25, 0.3) is 5.56 Å². The maximum Gasteiger partial charge on any atom is 0.349 e. The van der Waals surface area contributed by atoms with Gasteiger partial charge in [-0.25, -0.2) is 4.79 Å². The highest BCUT2D eigenvalue weighted by molar-refractivity contribution is 9.10. The number of ether oxygens (including phenoxy) is 1. The fraction of sp³-hybridized carbons (Fsp3) is 0.0455. The van der Waals surface area contributed by atoms with Gasteiger partial charge in [0, 0.05) is 0 Å². The Morgan fingerprint density at radius 1 is 1.00 bits per heavy atom. The molecule has 0 unspecified atom stereocenters. The van der Waals surface area contributed by atoms with Gasteiger partial charge in [0.15, 0.2) is 0 Å². The quantitative estimate of drug-likeness (QED) is 0.469. The molecule has 1 N–H and O–H groups in total. The Balaban J connectivity index is 1.56. The predicted octanol–water partition coefficient (Wildman–Crippen LogP) is 3.91. The molecule has 29 heavy (non-hydrogen) atoms. The number of benzene rings is 3. The first-order valence-electron chi connectivity index (χ1n) is 8.86. The molecule has 0 aliphatic rings. The zero-order chi connectivity index (χ0) is 20.2. The Hall–Kier alpha value is -3.45. The molecular weight excluding hydrogens is 434 g/mol. The van der Waals surface area contributed by atoms with Crippen molar-refractivity contribution in [3.05, 3.63) is 109 Å². The number of hydrogen-bond donors (Lipinski definition) is 1. The molecule has 144 valence electrons. The zero-order valence-corrected chi connectivity index (χ0v) is 16.8. The molecule has 1 aromatic heterocycles. The summed E-state index contributed by atoms with van der Waals surface area (Å²) in [6, 6.07) is 22.1. The number of rotatable bonds is 5. The van der Waals surface area contributed by atoms with Gasteiger partial charge in [-0.15, -0.1) is 4.68 Å². The molecule has 0 spiro atoms. The standard InChI is InChI=1S/C22H16BrN3O3/c23-18-12-16(10-11-20(18)29-14-15-6-2-1-3-7-15)13-24-26-21(27)17-8-4-5-9-19(17)25-22(26)28/h1-13H,14H2,(H,25,28). The Bertz CT molecular complexity index is 1310. The Kier molecular flexibility index (Phi) is 5.39. The van der Waals surface area contributed by atoms with E-state index in [1.807, 2.05) is 42.5 Å². The third kappa shape index (κ3) is 4.20. The Morgan fingerprint density at radius 2 is 1.76 bits per heavy atom. The summed E-state index contributed by atoms with van der Waals surface area (Å²) in [5.41, 5.74) is 1.20. The van der Waals surface area contributed by atoms with Gasteiger partial charge < -0.3 is 9.72 Å². The average Bonchev–Trinajstić information content (AvgIpc) is 2.74. The third-order valence-corrected chi connectivity index (χ3v) is 4.92. The van der Waals surface area contributed by atoms with E-state index in [0.717, 1.165) is 14.7 Å². The van der Waals surface area contributed by atoms with Gasteiger partial charge in [-0.05, 0) is 57.4 Å². The minimum absolute atomic E-state index is 0.398. The van der Waals surface area contributed by atoms with Crippen LogP contribution in [0.3, 0.4) is 0 Å². The second-order valence-electron chi connectivity index (χ2n) is 6.30. The summed E-state index contributed by atoms with van der Waals surface area (Å²) in [7, 11) is 0. The first-order valence-corrected chi connectivity index (χ1v) is 9.66. The van der Waals surface area contributed by atoms with E-state index in [1.54, 1.807) is 30.3 Å². The van der Waals surface area contributed by atoms with Crippen molar-refractivity contribution in [1.82, 2.24) is 9.66 Å². The molecule has 0 saturated carbocycles. The lowest BCUT2D eigenvalue weighted by molar-refractivity contribution is 0.304. The van der Waals surface area contributed by atoms with Crippen LogP contribution in [-0.2, 0) is 6.61 Å². The van der Waals surface area contributed by atoms with Crippen molar-refractivity contribution < 1.29 is 4.74 Å². The Labute approximate surface area is 174 Å². The molecule has 1 heterocycles. The molecule has 0 atom stereocenters. The molecule has 0 aliphatic heterocycles. The highest BCUT2D eigenvalue weighted by Gasteiger charge is 2.06. The van der Waals surface area contributed by atoms with Crippen molar-refractivity contribution >= 4 is 33.0 Å². The van der Waals surface area contributed by atoms with E-state index in [0.29, 0.717) is 28.8 Å². The van der Waals surface area contributed by atoms with Gasteiger partial charge >= 0.3 is 5.69 Å². The van der Waals surface area contributed by atoms with Crippen LogP contribution in [0.5, 0.6) is 5.75 Å². The highest BCUT2D eigenvalue weighted by atomic mass is 79.9. The number of nitrogens with one attached hydrogen (secondary N) is 1. The fourth-order valence-electron chi connectivity index (χ4n) is 2.83. The SMILES string of the molecule is O=c1[nH]c2ccccc2c(=O)n1N=Cc1ccc(OCc2ccccc2)c(Br)c1. The van der Waals surface area contributed by atoms with Gasteiger partial charge in [0.1, 0.15) is 12.4 Å². The maximum atomic E-state index is 12.5. The molecule has 0 saturated heterocycles. The van der Waals surface area contributed by atoms with E-state index >= 15 is 0 Å². The molecule has 0 fully saturated rings. The van der Waals surface area contributed by atoms with Crippen LogP contribution in [0.25, 0.3) is 10.9 Å². The molecule has 0 radical (unpaired) electrons. The average molecular weight is 450 g/mol. The number of nitrogens with zero attached hydrogens (tertiary/aromatic N) is 2. The summed E-state index contributed by atoms with van der Waals surface area (Å²) in [5, 5.41) is 4.46. The van der Waals surface area contributed by atoms with E-state index in [-0.39, 0.29) is 0 Å². The largest absolute Gasteiger partial charge is 0.488 e. The lowest BCUT2D eigenvalue weighted by atomic mass is 10.2. The second kappa shape index (κ2) is 8.28. The summed E-state index contributed by atoms with van der Waals surface area (Å²) in [6.45, 7) is 0.453. The van der Waals surface area contributed by atoms with E-state index in [2.05, 4.69) is 26.0 Å². The van der Waals surface area contributed by atoms with Gasteiger partial charge in [0.2, 0.25) is 0 Å². The minimum Gasteiger partial charge on any atom is -0.488 e. The first kappa shape index (κ1) is 18.9. The predicted molar refractivity (Wildman–Crippen MR) is 117 cm³/mol. The molecule has 3 aromatic carbocycles. The summed E-state index contributed by atoms with van der Waals surface area (Å²) in [5.74, 6) is 0.687. The van der Waals surface area contributed by atoms with Crippen LogP contribution in [0.1, 0.15) is 11.1 Å². The van der Waals surface area contributed by atoms with Crippen LogP contribution in [-0.4, -0.2) is 15.9 Å². The summed E-state index contributed by atoms with van der Waals surface area (Å²) in [4.78, 5) is 27.3. The fourth-order valence-corrected chi connectivity index (χ4v) is 3.34. The molecule has 4 rings (SSSR count). The van der Waals surface area contributed by atoms with Gasteiger partial charge in [-0.1, -0.05) is 42.5 Å². The Morgan fingerprint density at radius 3 is 2.55 bits per heavy atom. The van der Waals surface area contributed by atoms with E-state index in [4.69, 9.17) is 4.74 Å². The summed E-state index contributed by atoms with van der Waals surface area (Å²) < 4.78 is 7.39. The van der Waals surface area contributed by atoms with Crippen LogP contribution < -0.4 is 16.0 Å². The third-order valence-electron chi connectivity index (χ3n) is 4.30. The van der Waals surface area contributed by atoms with Gasteiger partial charge in [0.05, 0.1) is 21.6 Å². The van der Waals surface area contributed by atoms with Crippen molar-refractivity contribution in [3.63, 3.8) is 0 Å². The topological polar surface area (TPSA) is 76.5 Å². The molecule has 0 aliphatic carbocycles. The zero-order valence-electron chi connectivity index (χ0n) is 15.2. The molecule has 7 heteroatoms. The molecular formula is C22H16BrN3O3. The summed E-state index contributed by atoms with van der Waals surface area (Å²) in [6.07, 6.45) is 1.46. The second-order valence-corrected chi connectivity index (χ2v) is 7.16. The van der Waals surface area contributed by atoms with Crippen LogP contribution >= 0.6 is 15.9 Å². The first-order chi connectivity index (χ1) is 14.1. The maximum absolute atomic E-state index is 12.5. The monoisotopic (exact) mass is 449 g/mol. The number of halogens is 1. The number of H-pyrrole nitrogens is 1. The van der Waals surface area contributed by atoms with E-state index < -0.39 is 11.2 Å². The number of hydrogen-bond acceptors (Lipinski definition) is 4. The van der Waals surface area contributed by atoms with Gasteiger partial charge in [-0.3, -0.25) is 4.79 Å².